The van der Waals surface area contributed by atoms with Crippen LogP contribution in [0, 0.1) is 11.8 Å². The molecule has 1 saturated carbocycles. The van der Waals surface area contributed by atoms with Crippen molar-refractivity contribution in [2.45, 2.75) is 58.7 Å². The minimum Gasteiger partial charge on any atom is -0.374 e. The van der Waals surface area contributed by atoms with Crippen LogP contribution in [0.4, 0.5) is 0 Å². The van der Waals surface area contributed by atoms with E-state index in [1.165, 1.54) is 38.8 Å². The summed E-state index contributed by atoms with van der Waals surface area (Å²) in [6.07, 6.45) is 6.38. The van der Waals surface area contributed by atoms with Crippen molar-refractivity contribution in [3.8, 4) is 0 Å². The summed E-state index contributed by atoms with van der Waals surface area (Å²) in [6.45, 7) is 10.6. The molecule has 1 aliphatic heterocycles. The number of hydrogen-bond donors (Lipinski definition) is 0. The lowest BCUT2D eigenvalue weighted by atomic mass is 9.87. The lowest BCUT2D eigenvalue weighted by Crippen LogP contribution is -2.39. The van der Waals surface area contributed by atoms with Gasteiger partial charge < -0.3 is 9.64 Å². The Kier molecular flexibility index (Phi) is 4.26. The van der Waals surface area contributed by atoms with Crippen LogP contribution in [0.15, 0.2) is 0 Å². The second-order valence-corrected chi connectivity index (χ2v) is 6.03. The molecule has 1 saturated heterocycles. The van der Waals surface area contributed by atoms with Crippen LogP contribution >= 0.6 is 0 Å². The molecule has 16 heavy (non-hydrogen) atoms. The third-order valence-electron chi connectivity index (χ3n) is 4.04. The quantitative estimate of drug-likeness (QED) is 0.713. The highest BCUT2D eigenvalue weighted by Crippen LogP contribution is 2.27. The van der Waals surface area contributed by atoms with Crippen LogP contribution in [0.5, 0.6) is 0 Å². The molecule has 94 valence electrons. The zero-order valence-corrected chi connectivity index (χ0v) is 11.1. The van der Waals surface area contributed by atoms with E-state index in [1.807, 2.05) is 0 Å². The molecule has 0 aromatic heterocycles. The lowest BCUT2D eigenvalue weighted by Gasteiger charge is -2.35. The fourth-order valence-electron chi connectivity index (χ4n) is 2.74. The zero-order valence-electron chi connectivity index (χ0n) is 11.1. The molecule has 1 unspecified atom stereocenters. The first-order chi connectivity index (χ1) is 7.65. The molecule has 1 heterocycles. The summed E-state index contributed by atoms with van der Waals surface area (Å²) in [5.74, 6) is 1.82. The van der Waals surface area contributed by atoms with Gasteiger partial charge in [0.1, 0.15) is 0 Å². The molecule has 0 amide bonds. The predicted molar refractivity (Wildman–Crippen MR) is 67.6 cm³/mol. The standard InChI is InChI=1S/C14H27NO/c1-11(2)13-6-8-15(9-7-13)10-12(3)16-14-4-5-14/h11-14H,4-10H2,1-3H3. The average Bonchev–Trinajstić information content (AvgIpc) is 3.02. The molecular formula is C14H27NO. The third-order valence-corrected chi connectivity index (χ3v) is 4.04. The van der Waals surface area contributed by atoms with Gasteiger partial charge in [-0.05, 0) is 57.5 Å². The topological polar surface area (TPSA) is 12.5 Å². The summed E-state index contributed by atoms with van der Waals surface area (Å²) in [6, 6.07) is 0. The highest BCUT2D eigenvalue weighted by Gasteiger charge is 2.27. The van der Waals surface area contributed by atoms with E-state index in [1.54, 1.807) is 0 Å². The van der Waals surface area contributed by atoms with Crippen LogP contribution in [-0.4, -0.2) is 36.7 Å². The van der Waals surface area contributed by atoms with Crippen LogP contribution in [0.1, 0.15) is 46.5 Å². The van der Waals surface area contributed by atoms with Gasteiger partial charge in [-0.3, -0.25) is 0 Å². The van der Waals surface area contributed by atoms with E-state index in [0.717, 1.165) is 18.4 Å². The first kappa shape index (κ1) is 12.4. The number of piperidine rings is 1. The van der Waals surface area contributed by atoms with E-state index in [2.05, 4.69) is 25.7 Å². The Balaban J connectivity index is 1.64. The first-order valence-corrected chi connectivity index (χ1v) is 7.03. The van der Waals surface area contributed by atoms with Crippen molar-refractivity contribution in [3.05, 3.63) is 0 Å². The maximum absolute atomic E-state index is 5.90. The maximum atomic E-state index is 5.90. The smallest absolute Gasteiger partial charge is 0.0677 e. The summed E-state index contributed by atoms with van der Waals surface area (Å²) in [4.78, 5) is 2.59. The number of ether oxygens (including phenoxy) is 1. The molecule has 0 bridgehead atoms. The lowest BCUT2D eigenvalue weighted by molar-refractivity contribution is 0.0167. The minimum atomic E-state index is 0.433. The average molecular weight is 225 g/mol. The Hall–Kier alpha value is -0.0800. The van der Waals surface area contributed by atoms with Crippen molar-refractivity contribution < 1.29 is 4.74 Å². The molecule has 1 atom stereocenters. The molecule has 0 N–H and O–H groups in total. The summed E-state index contributed by atoms with van der Waals surface area (Å²) < 4.78 is 5.90. The number of nitrogens with zero attached hydrogens (tertiary/aromatic N) is 1. The highest BCUT2D eigenvalue weighted by atomic mass is 16.5. The van der Waals surface area contributed by atoms with Gasteiger partial charge in [0.15, 0.2) is 0 Å². The van der Waals surface area contributed by atoms with E-state index in [4.69, 9.17) is 4.74 Å². The minimum absolute atomic E-state index is 0.433. The van der Waals surface area contributed by atoms with Crippen LogP contribution in [0.25, 0.3) is 0 Å². The van der Waals surface area contributed by atoms with Crippen molar-refractivity contribution in [2.75, 3.05) is 19.6 Å². The molecule has 0 aromatic carbocycles. The van der Waals surface area contributed by atoms with Crippen LogP contribution in [0.2, 0.25) is 0 Å². The summed E-state index contributed by atoms with van der Waals surface area (Å²) in [5, 5.41) is 0. The number of rotatable bonds is 5. The van der Waals surface area contributed by atoms with Crippen molar-refractivity contribution in [3.63, 3.8) is 0 Å². The predicted octanol–water partition coefficient (Wildman–Crippen LogP) is 2.92. The Morgan fingerprint density at radius 2 is 1.69 bits per heavy atom. The summed E-state index contributed by atoms with van der Waals surface area (Å²) in [7, 11) is 0. The molecule has 2 rings (SSSR count). The van der Waals surface area contributed by atoms with Gasteiger partial charge in [-0.1, -0.05) is 13.8 Å². The van der Waals surface area contributed by atoms with Crippen molar-refractivity contribution >= 4 is 0 Å². The second kappa shape index (κ2) is 5.50. The van der Waals surface area contributed by atoms with Gasteiger partial charge in [0.05, 0.1) is 12.2 Å². The number of hydrogen-bond acceptors (Lipinski definition) is 2. The molecule has 2 fully saturated rings. The Morgan fingerprint density at radius 1 is 1.06 bits per heavy atom. The van der Waals surface area contributed by atoms with E-state index in [-0.39, 0.29) is 0 Å². The van der Waals surface area contributed by atoms with Gasteiger partial charge in [-0.2, -0.15) is 0 Å². The zero-order chi connectivity index (χ0) is 11.5. The van der Waals surface area contributed by atoms with Crippen LogP contribution < -0.4 is 0 Å². The van der Waals surface area contributed by atoms with Gasteiger partial charge >= 0.3 is 0 Å². The van der Waals surface area contributed by atoms with Gasteiger partial charge in [-0.25, -0.2) is 0 Å². The van der Waals surface area contributed by atoms with Gasteiger partial charge in [0.25, 0.3) is 0 Å². The van der Waals surface area contributed by atoms with Gasteiger partial charge in [0.2, 0.25) is 0 Å². The molecular weight excluding hydrogens is 198 g/mol. The molecule has 0 radical (unpaired) electrons. The molecule has 0 aromatic rings. The molecule has 0 spiro atoms. The van der Waals surface area contributed by atoms with E-state index < -0.39 is 0 Å². The Bertz CT molecular complexity index is 205. The van der Waals surface area contributed by atoms with E-state index >= 15 is 0 Å². The van der Waals surface area contributed by atoms with Crippen LogP contribution in [-0.2, 0) is 4.74 Å². The van der Waals surface area contributed by atoms with Crippen molar-refractivity contribution in [2.24, 2.45) is 11.8 Å². The molecule has 1 aliphatic carbocycles. The highest BCUT2D eigenvalue weighted by molar-refractivity contribution is 4.78. The second-order valence-electron chi connectivity index (χ2n) is 6.03. The molecule has 2 nitrogen and oxygen atoms in total. The van der Waals surface area contributed by atoms with E-state index in [9.17, 15) is 0 Å². The molecule has 2 heteroatoms. The number of likely N-dealkylation sites (tertiary alicyclic amines) is 1. The van der Waals surface area contributed by atoms with Crippen molar-refractivity contribution in [1.29, 1.82) is 0 Å². The van der Waals surface area contributed by atoms with Crippen LogP contribution in [0.3, 0.4) is 0 Å². The SMILES string of the molecule is CC(CN1CCC(C(C)C)CC1)OC1CC1. The first-order valence-electron chi connectivity index (χ1n) is 7.03. The monoisotopic (exact) mass is 225 g/mol. The van der Waals surface area contributed by atoms with Gasteiger partial charge in [0, 0.05) is 6.54 Å². The Labute approximate surface area is 100 Å². The summed E-state index contributed by atoms with van der Waals surface area (Å²) in [5.41, 5.74) is 0. The fraction of sp³-hybridized carbons (Fsp3) is 1.00. The maximum Gasteiger partial charge on any atom is 0.0677 e. The Morgan fingerprint density at radius 3 is 2.19 bits per heavy atom. The largest absolute Gasteiger partial charge is 0.374 e. The van der Waals surface area contributed by atoms with Crippen molar-refractivity contribution in [1.82, 2.24) is 4.90 Å². The van der Waals surface area contributed by atoms with E-state index in [0.29, 0.717) is 12.2 Å². The third kappa shape index (κ3) is 3.74. The van der Waals surface area contributed by atoms with Gasteiger partial charge in [-0.15, -0.1) is 0 Å². The fourth-order valence-corrected chi connectivity index (χ4v) is 2.74. The molecule has 2 aliphatic rings. The summed E-state index contributed by atoms with van der Waals surface area (Å²) >= 11 is 0. The normalized spacial score (nSPS) is 26.2.